The van der Waals surface area contributed by atoms with Crippen LogP contribution >= 0.6 is 12.6 Å². The summed E-state index contributed by atoms with van der Waals surface area (Å²) in [7, 11) is 0. The Hall–Kier alpha value is -0.220. The standard InChI is InChI=1S/C6H12N2OS/c7-3-5-1-2-8(5)6(9)4-10/h5,10H,1-4,7H2. The van der Waals surface area contributed by atoms with Crippen molar-refractivity contribution < 1.29 is 4.79 Å². The number of nitrogens with two attached hydrogens (primary N) is 1. The molecule has 0 saturated carbocycles. The Morgan fingerprint density at radius 3 is 2.80 bits per heavy atom. The Morgan fingerprint density at radius 2 is 2.50 bits per heavy atom. The quantitative estimate of drug-likeness (QED) is 0.534. The molecule has 1 amide bonds. The molecule has 0 radical (unpaired) electrons. The van der Waals surface area contributed by atoms with Crippen molar-refractivity contribution >= 4 is 18.5 Å². The summed E-state index contributed by atoms with van der Waals surface area (Å²) in [6.07, 6.45) is 1.05. The summed E-state index contributed by atoms with van der Waals surface area (Å²) >= 11 is 3.89. The van der Waals surface area contributed by atoms with Gasteiger partial charge >= 0.3 is 0 Å². The highest BCUT2D eigenvalue weighted by Gasteiger charge is 2.29. The Morgan fingerprint density at radius 1 is 1.80 bits per heavy atom. The van der Waals surface area contributed by atoms with E-state index in [0.717, 1.165) is 13.0 Å². The van der Waals surface area contributed by atoms with Crippen LogP contribution in [0.2, 0.25) is 0 Å². The smallest absolute Gasteiger partial charge is 0.232 e. The van der Waals surface area contributed by atoms with Crippen LogP contribution < -0.4 is 5.73 Å². The zero-order valence-electron chi connectivity index (χ0n) is 5.79. The second-order valence-corrected chi connectivity index (χ2v) is 2.74. The summed E-state index contributed by atoms with van der Waals surface area (Å²) in [5.41, 5.74) is 5.40. The van der Waals surface area contributed by atoms with E-state index in [9.17, 15) is 4.79 Å². The number of thiol groups is 1. The van der Waals surface area contributed by atoms with Gasteiger partial charge in [-0.05, 0) is 6.42 Å². The average Bonchev–Trinajstić information content (AvgIpc) is 1.86. The van der Waals surface area contributed by atoms with Crippen molar-refractivity contribution in [3.8, 4) is 0 Å². The largest absolute Gasteiger partial charge is 0.338 e. The van der Waals surface area contributed by atoms with Gasteiger partial charge in [-0.15, -0.1) is 0 Å². The lowest BCUT2D eigenvalue weighted by atomic mass is 10.0. The maximum atomic E-state index is 11.0. The highest BCUT2D eigenvalue weighted by molar-refractivity contribution is 7.81. The van der Waals surface area contributed by atoms with Gasteiger partial charge in [0, 0.05) is 19.1 Å². The van der Waals surface area contributed by atoms with E-state index < -0.39 is 0 Å². The van der Waals surface area contributed by atoms with Crippen molar-refractivity contribution in [1.29, 1.82) is 0 Å². The molecule has 4 heteroatoms. The first-order valence-electron chi connectivity index (χ1n) is 3.40. The summed E-state index contributed by atoms with van der Waals surface area (Å²) in [5.74, 6) is 0.404. The predicted molar refractivity (Wildman–Crippen MR) is 43.0 cm³/mol. The predicted octanol–water partition coefficient (Wildman–Crippen LogP) is -0.524. The number of likely N-dealkylation sites (tertiary alicyclic amines) is 1. The van der Waals surface area contributed by atoms with Crippen LogP contribution in [0.3, 0.4) is 0 Å². The third-order valence-corrected chi connectivity index (χ3v) is 2.14. The van der Waals surface area contributed by atoms with Gasteiger partial charge < -0.3 is 10.6 Å². The van der Waals surface area contributed by atoms with Gasteiger partial charge in [-0.1, -0.05) is 0 Å². The lowest BCUT2D eigenvalue weighted by Crippen LogP contribution is -2.54. The van der Waals surface area contributed by atoms with E-state index in [1.54, 1.807) is 4.90 Å². The fourth-order valence-electron chi connectivity index (χ4n) is 1.11. The number of carbonyl (C=O) groups is 1. The Balaban J connectivity index is 2.35. The maximum absolute atomic E-state index is 11.0. The van der Waals surface area contributed by atoms with Crippen LogP contribution in [0.15, 0.2) is 0 Å². The molecule has 1 heterocycles. The number of carbonyl (C=O) groups excluding carboxylic acids is 1. The summed E-state index contributed by atoms with van der Waals surface area (Å²) < 4.78 is 0. The maximum Gasteiger partial charge on any atom is 0.232 e. The number of rotatable bonds is 2. The molecule has 1 rings (SSSR count). The van der Waals surface area contributed by atoms with Gasteiger partial charge in [0.15, 0.2) is 0 Å². The van der Waals surface area contributed by atoms with E-state index >= 15 is 0 Å². The highest BCUT2D eigenvalue weighted by atomic mass is 32.1. The number of nitrogens with zero attached hydrogens (tertiary/aromatic N) is 1. The Labute approximate surface area is 66.0 Å². The van der Waals surface area contributed by atoms with E-state index in [1.807, 2.05) is 0 Å². The average molecular weight is 160 g/mol. The molecule has 1 fully saturated rings. The lowest BCUT2D eigenvalue weighted by Gasteiger charge is -2.40. The van der Waals surface area contributed by atoms with E-state index in [4.69, 9.17) is 5.73 Å². The molecule has 58 valence electrons. The third kappa shape index (κ3) is 1.27. The van der Waals surface area contributed by atoms with Crippen LogP contribution in [0.1, 0.15) is 6.42 Å². The molecular weight excluding hydrogens is 148 g/mol. The van der Waals surface area contributed by atoms with Gasteiger partial charge in [0.2, 0.25) is 5.91 Å². The summed E-state index contributed by atoms with van der Waals surface area (Å²) in [6.45, 7) is 1.45. The molecule has 0 bridgehead atoms. The van der Waals surface area contributed by atoms with E-state index in [1.165, 1.54) is 0 Å². The Bertz CT molecular complexity index is 138. The first-order chi connectivity index (χ1) is 4.79. The third-order valence-electron chi connectivity index (χ3n) is 1.87. The lowest BCUT2D eigenvalue weighted by molar-refractivity contribution is -0.135. The summed E-state index contributed by atoms with van der Waals surface area (Å²) in [6, 6.07) is 0.291. The van der Waals surface area contributed by atoms with Crippen molar-refractivity contribution in [3.63, 3.8) is 0 Å². The van der Waals surface area contributed by atoms with Gasteiger partial charge in [-0.2, -0.15) is 12.6 Å². The zero-order valence-corrected chi connectivity index (χ0v) is 6.68. The first kappa shape index (κ1) is 7.88. The highest BCUT2D eigenvalue weighted by Crippen LogP contribution is 2.15. The Kier molecular flexibility index (Phi) is 2.56. The molecule has 3 nitrogen and oxygen atoms in total. The first-order valence-corrected chi connectivity index (χ1v) is 4.03. The molecule has 10 heavy (non-hydrogen) atoms. The second-order valence-electron chi connectivity index (χ2n) is 2.42. The monoisotopic (exact) mass is 160 g/mol. The molecule has 1 unspecified atom stereocenters. The van der Waals surface area contributed by atoms with Gasteiger partial charge in [0.05, 0.1) is 5.75 Å². The van der Waals surface area contributed by atoms with Gasteiger partial charge in [-0.3, -0.25) is 4.79 Å². The molecule has 0 aromatic heterocycles. The van der Waals surface area contributed by atoms with E-state index in [2.05, 4.69) is 12.6 Å². The van der Waals surface area contributed by atoms with Crippen molar-refractivity contribution in [2.75, 3.05) is 18.8 Å². The molecule has 0 aromatic rings. The van der Waals surface area contributed by atoms with Crippen LogP contribution in [-0.4, -0.2) is 35.7 Å². The molecule has 1 atom stereocenters. The fraction of sp³-hybridized carbons (Fsp3) is 0.833. The topological polar surface area (TPSA) is 46.3 Å². The molecule has 1 aliphatic rings. The van der Waals surface area contributed by atoms with Crippen molar-refractivity contribution in [1.82, 2.24) is 4.90 Å². The van der Waals surface area contributed by atoms with Crippen LogP contribution in [0.5, 0.6) is 0 Å². The van der Waals surface area contributed by atoms with Gasteiger partial charge in [-0.25, -0.2) is 0 Å². The van der Waals surface area contributed by atoms with Crippen molar-refractivity contribution in [3.05, 3.63) is 0 Å². The van der Waals surface area contributed by atoms with Crippen molar-refractivity contribution in [2.24, 2.45) is 5.73 Å². The fourth-order valence-corrected chi connectivity index (χ4v) is 1.29. The normalized spacial score (nSPS) is 24.2. The molecule has 1 saturated heterocycles. The number of hydrogen-bond donors (Lipinski definition) is 2. The van der Waals surface area contributed by atoms with Crippen LogP contribution in [-0.2, 0) is 4.79 Å². The summed E-state index contributed by atoms with van der Waals surface area (Å²) in [4.78, 5) is 12.7. The molecule has 0 spiro atoms. The molecule has 0 aliphatic carbocycles. The van der Waals surface area contributed by atoms with E-state index in [-0.39, 0.29) is 5.91 Å². The van der Waals surface area contributed by atoms with Crippen molar-refractivity contribution in [2.45, 2.75) is 12.5 Å². The van der Waals surface area contributed by atoms with Crippen LogP contribution in [0.4, 0.5) is 0 Å². The minimum atomic E-state index is 0.102. The molecule has 2 N–H and O–H groups in total. The van der Waals surface area contributed by atoms with Crippen LogP contribution in [0.25, 0.3) is 0 Å². The molecule has 1 aliphatic heterocycles. The van der Waals surface area contributed by atoms with Gasteiger partial charge in [0.25, 0.3) is 0 Å². The minimum absolute atomic E-state index is 0.102. The molecule has 0 aromatic carbocycles. The zero-order chi connectivity index (χ0) is 7.56. The number of hydrogen-bond acceptors (Lipinski definition) is 3. The second kappa shape index (κ2) is 3.25. The number of amides is 1. The molecular formula is C6H12N2OS. The van der Waals surface area contributed by atoms with Gasteiger partial charge in [0.1, 0.15) is 0 Å². The SMILES string of the molecule is NCC1CCN1C(=O)CS. The van der Waals surface area contributed by atoms with E-state index in [0.29, 0.717) is 18.3 Å². The summed E-state index contributed by atoms with van der Waals surface area (Å²) in [5, 5.41) is 0. The van der Waals surface area contributed by atoms with Crippen LogP contribution in [0, 0.1) is 0 Å². The minimum Gasteiger partial charge on any atom is -0.338 e.